The van der Waals surface area contributed by atoms with E-state index in [9.17, 15) is 14.9 Å². The summed E-state index contributed by atoms with van der Waals surface area (Å²) in [5, 5.41) is 16.1. The lowest BCUT2D eigenvalue weighted by atomic mass is 10.00. The highest BCUT2D eigenvalue weighted by Gasteiger charge is 2.35. The third-order valence-corrected chi connectivity index (χ3v) is 3.83. The van der Waals surface area contributed by atoms with Crippen molar-refractivity contribution in [3.63, 3.8) is 0 Å². The number of nitriles is 1. The van der Waals surface area contributed by atoms with Crippen molar-refractivity contribution in [1.82, 2.24) is 19.5 Å². The maximum atomic E-state index is 12.1. The van der Waals surface area contributed by atoms with Gasteiger partial charge < -0.3 is 5.32 Å². The average molecular weight is 285 g/mol. The lowest BCUT2D eigenvalue weighted by Gasteiger charge is -2.21. The summed E-state index contributed by atoms with van der Waals surface area (Å²) >= 11 is 0. The van der Waals surface area contributed by atoms with Crippen LogP contribution in [0.4, 0.5) is 0 Å². The molecule has 108 valence electrons. The van der Waals surface area contributed by atoms with E-state index in [1.54, 1.807) is 24.4 Å². The minimum absolute atomic E-state index is 0.177. The van der Waals surface area contributed by atoms with Gasteiger partial charge in [0, 0.05) is 6.20 Å². The highest BCUT2D eigenvalue weighted by Crippen LogP contribution is 2.28. The summed E-state index contributed by atoms with van der Waals surface area (Å²) in [7, 11) is 0. The molecule has 0 atom stereocenters. The van der Waals surface area contributed by atoms with E-state index in [0.29, 0.717) is 18.5 Å². The van der Waals surface area contributed by atoms with Crippen LogP contribution in [0.15, 0.2) is 29.2 Å². The summed E-state index contributed by atoms with van der Waals surface area (Å²) in [5.41, 5.74) is -0.649. The number of hydrogen-bond donors (Lipinski definition) is 1. The second kappa shape index (κ2) is 5.05. The van der Waals surface area contributed by atoms with Gasteiger partial charge in [0.1, 0.15) is 12.1 Å². The first kappa shape index (κ1) is 13.4. The molecule has 1 fully saturated rings. The Morgan fingerprint density at radius 2 is 2.19 bits per heavy atom. The Balaban J connectivity index is 1.79. The van der Waals surface area contributed by atoms with Gasteiger partial charge in [0.25, 0.3) is 0 Å². The van der Waals surface area contributed by atoms with Crippen LogP contribution in [0.3, 0.4) is 0 Å². The third-order valence-electron chi connectivity index (χ3n) is 3.83. The van der Waals surface area contributed by atoms with Gasteiger partial charge in [-0.1, -0.05) is 6.07 Å². The number of rotatable bonds is 3. The van der Waals surface area contributed by atoms with Crippen molar-refractivity contribution in [2.75, 3.05) is 0 Å². The molecule has 0 unspecified atom stereocenters. The van der Waals surface area contributed by atoms with Crippen LogP contribution in [0.1, 0.15) is 25.7 Å². The van der Waals surface area contributed by atoms with Gasteiger partial charge in [-0.05, 0) is 37.8 Å². The van der Waals surface area contributed by atoms with Gasteiger partial charge in [-0.15, -0.1) is 5.10 Å². The molecule has 3 rings (SSSR count). The summed E-state index contributed by atoms with van der Waals surface area (Å²) in [4.78, 5) is 24.2. The molecular weight excluding hydrogens is 270 g/mol. The maximum Gasteiger partial charge on any atom is 0.350 e. The molecule has 2 aromatic rings. The highest BCUT2D eigenvalue weighted by molar-refractivity contribution is 5.77. The fraction of sp³-hybridized carbons (Fsp3) is 0.429. The van der Waals surface area contributed by atoms with E-state index in [2.05, 4.69) is 16.5 Å². The molecule has 1 amide bonds. The smallest absolute Gasteiger partial charge is 0.336 e. The molecule has 0 bridgehead atoms. The highest BCUT2D eigenvalue weighted by atomic mass is 16.2. The zero-order chi connectivity index (χ0) is 14.9. The summed E-state index contributed by atoms with van der Waals surface area (Å²) in [6.45, 7) is -0.177. The zero-order valence-electron chi connectivity index (χ0n) is 11.5. The molecule has 0 aliphatic heterocycles. The summed E-state index contributed by atoms with van der Waals surface area (Å²) in [6.07, 6.45) is 4.79. The Morgan fingerprint density at radius 3 is 2.86 bits per heavy atom. The number of aromatic nitrogens is 3. The first-order valence-corrected chi connectivity index (χ1v) is 6.90. The number of nitrogens with one attached hydrogen (secondary N) is 1. The van der Waals surface area contributed by atoms with Crippen molar-refractivity contribution in [3.05, 3.63) is 34.9 Å². The van der Waals surface area contributed by atoms with Gasteiger partial charge in [0.05, 0.1) is 6.07 Å². The van der Waals surface area contributed by atoms with Crippen molar-refractivity contribution in [3.8, 4) is 6.07 Å². The summed E-state index contributed by atoms with van der Waals surface area (Å²) in [5.74, 6) is -0.357. The molecule has 1 N–H and O–H groups in total. The quantitative estimate of drug-likeness (QED) is 0.886. The maximum absolute atomic E-state index is 12.1. The van der Waals surface area contributed by atoms with E-state index in [4.69, 9.17) is 0 Å². The molecule has 2 heterocycles. The van der Waals surface area contributed by atoms with Crippen LogP contribution in [0.25, 0.3) is 5.65 Å². The number of pyridine rings is 1. The number of carbonyl (C=O) groups excluding carboxylic acids is 1. The number of fused-ring (bicyclic) bond motifs is 1. The first-order valence-electron chi connectivity index (χ1n) is 6.90. The molecule has 1 saturated carbocycles. The third kappa shape index (κ3) is 2.40. The molecule has 1 aliphatic carbocycles. The standard InChI is InChI=1S/C14H15N5O2/c15-10-14(6-2-3-7-14)16-12(20)9-19-13(21)18-8-4-1-5-11(18)17-19/h1,4-5,8H,2-3,6-7,9H2,(H,16,20). The zero-order valence-corrected chi connectivity index (χ0v) is 11.5. The van der Waals surface area contributed by atoms with Crippen molar-refractivity contribution < 1.29 is 4.79 Å². The van der Waals surface area contributed by atoms with Crippen molar-refractivity contribution in [1.29, 1.82) is 5.26 Å². The number of amides is 1. The van der Waals surface area contributed by atoms with Gasteiger partial charge in [-0.3, -0.25) is 9.20 Å². The molecule has 0 aromatic carbocycles. The Kier molecular flexibility index (Phi) is 3.22. The molecule has 0 saturated heterocycles. The van der Waals surface area contributed by atoms with Crippen molar-refractivity contribution in [2.45, 2.75) is 37.8 Å². The van der Waals surface area contributed by atoms with Gasteiger partial charge in [-0.2, -0.15) is 5.26 Å². The van der Waals surface area contributed by atoms with Gasteiger partial charge in [-0.25, -0.2) is 9.48 Å². The van der Waals surface area contributed by atoms with Gasteiger partial charge >= 0.3 is 5.69 Å². The molecule has 2 aromatic heterocycles. The topological polar surface area (TPSA) is 92.2 Å². The van der Waals surface area contributed by atoms with Crippen LogP contribution >= 0.6 is 0 Å². The summed E-state index contributed by atoms with van der Waals surface area (Å²) in [6, 6.07) is 7.39. The van der Waals surface area contributed by atoms with Crippen molar-refractivity contribution >= 4 is 11.6 Å². The van der Waals surface area contributed by atoms with E-state index in [0.717, 1.165) is 17.5 Å². The second-order valence-electron chi connectivity index (χ2n) is 5.32. The molecule has 7 nitrogen and oxygen atoms in total. The fourth-order valence-corrected chi connectivity index (χ4v) is 2.76. The monoisotopic (exact) mass is 285 g/mol. The largest absolute Gasteiger partial charge is 0.350 e. The molecule has 0 radical (unpaired) electrons. The Hall–Kier alpha value is -2.62. The molecule has 21 heavy (non-hydrogen) atoms. The summed E-state index contributed by atoms with van der Waals surface area (Å²) < 4.78 is 2.49. The molecule has 1 aliphatic rings. The van der Waals surface area contributed by atoms with E-state index < -0.39 is 5.54 Å². The Labute approximate surface area is 120 Å². The minimum Gasteiger partial charge on any atom is -0.336 e. The van der Waals surface area contributed by atoms with Crippen LogP contribution in [0.5, 0.6) is 0 Å². The Bertz CT molecular complexity index is 776. The minimum atomic E-state index is -0.778. The molecule has 0 spiro atoms. The van der Waals surface area contributed by atoms with E-state index >= 15 is 0 Å². The predicted molar refractivity (Wildman–Crippen MR) is 74.4 cm³/mol. The molecule has 7 heteroatoms. The van der Waals surface area contributed by atoms with E-state index in [1.165, 1.54) is 4.40 Å². The van der Waals surface area contributed by atoms with Crippen LogP contribution in [0.2, 0.25) is 0 Å². The average Bonchev–Trinajstić information content (AvgIpc) is 3.06. The number of carbonyl (C=O) groups is 1. The van der Waals surface area contributed by atoms with Crippen LogP contribution in [-0.4, -0.2) is 25.6 Å². The lowest BCUT2D eigenvalue weighted by Crippen LogP contribution is -2.47. The lowest BCUT2D eigenvalue weighted by molar-refractivity contribution is -0.123. The van der Waals surface area contributed by atoms with Crippen LogP contribution < -0.4 is 11.0 Å². The van der Waals surface area contributed by atoms with Gasteiger partial charge in [0.15, 0.2) is 5.65 Å². The normalized spacial score (nSPS) is 16.7. The predicted octanol–water partition coefficient (Wildman–Crippen LogP) is 0.449. The van der Waals surface area contributed by atoms with Crippen LogP contribution in [-0.2, 0) is 11.3 Å². The van der Waals surface area contributed by atoms with E-state index in [1.807, 2.05) is 0 Å². The van der Waals surface area contributed by atoms with Gasteiger partial charge in [0.2, 0.25) is 5.91 Å². The fourth-order valence-electron chi connectivity index (χ4n) is 2.76. The SMILES string of the molecule is N#CC1(NC(=O)Cn2nc3ccccn3c2=O)CCCC1. The molecular formula is C14H15N5O2. The van der Waals surface area contributed by atoms with E-state index in [-0.39, 0.29) is 18.1 Å². The van der Waals surface area contributed by atoms with Crippen LogP contribution in [0, 0.1) is 11.3 Å². The first-order chi connectivity index (χ1) is 10.1. The second-order valence-corrected chi connectivity index (χ2v) is 5.32. The number of hydrogen-bond acceptors (Lipinski definition) is 4. The van der Waals surface area contributed by atoms with Crippen molar-refractivity contribution in [2.24, 2.45) is 0 Å². The number of nitrogens with zero attached hydrogens (tertiary/aromatic N) is 4. The Morgan fingerprint density at radius 1 is 1.43 bits per heavy atom.